The zero-order valence-corrected chi connectivity index (χ0v) is 9.41. The predicted molar refractivity (Wildman–Crippen MR) is 63.2 cm³/mol. The van der Waals surface area contributed by atoms with Crippen LogP contribution in [0.25, 0.3) is 0 Å². The minimum Gasteiger partial charge on any atom is -0.399 e. The molecule has 1 aliphatic rings. The number of nitrogen functional groups attached to an aromatic ring is 1. The summed E-state index contributed by atoms with van der Waals surface area (Å²) >= 11 is 0. The fourth-order valence-corrected chi connectivity index (χ4v) is 1.90. The number of β-amino-alcohol motifs (C(OH)–C–C–N with tert-alkyl or cyclic N) is 2. The fraction of sp³-hybridized carbons (Fsp3) is 0.417. The van der Waals surface area contributed by atoms with Crippen molar-refractivity contribution >= 4 is 11.6 Å². The molecule has 2 rings (SSSR count). The van der Waals surface area contributed by atoms with Crippen molar-refractivity contribution in [2.45, 2.75) is 18.6 Å². The number of hydrogen-bond acceptors (Lipinski definition) is 4. The summed E-state index contributed by atoms with van der Waals surface area (Å²) in [6, 6.07) is 7.10. The quantitative estimate of drug-likeness (QED) is 0.597. The van der Waals surface area contributed by atoms with Gasteiger partial charge in [-0.25, -0.2) is 0 Å². The Morgan fingerprint density at radius 3 is 2.29 bits per heavy atom. The van der Waals surface area contributed by atoms with Crippen molar-refractivity contribution in [3.63, 3.8) is 0 Å². The highest BCUT2D eigenvalue weighted by Crippen LogP contribution is 2.13. The van der Waals surface area contributed by atoms with E-state index in [9.17, 15) is 15.0 Å². The molecule has 4 N–H and O–H groups in total. The van der Waals surface area contributed by atoms with Crippen LogP contribution in [0.15, 0.2) is 24.3 Å². The van der Waals surface area contributed by atoms with Gasteiger partial charge in [-0.15, -0.1) is 0 Å². The summed E-state index contributed by atoms with van der Waals surface area (Å²) in [5, 5.41) is 18.7. The average Bonchev–Trinajstić information content (AvgIpc) is 2.63. The lowest BCUT2D eigenvalue weighted by atomic mass is 10.1. The zero-order chi connectivity index (χ0) is 12.4. The van der Waals surface area contributed by atoms with Crippen molar-refractivity contribution in [3.8, 4) is 0 Å². The maximum atomic E-state index is 11.9. The van der Waals surface area contributed by atoms with Crippen molar-refractivity contribution in [1.82, 2.24) is 4.90 Å². The largest absolute Gasteiger partial charge is 0.399 e. The molecule has 0 saturated carbocycles. The van der Waals surface area contributed by atoms with Crippen LogP contribution in [0.5, 0.6) is 0 Å². The SMILES string of the molecule is Nc1ccc(CC(=O)N2CC(O)C(O)C2)cc1. The molecule has 5 nitrogen and oxygen atoms in total. The van der Waals surface area contributed by atoms with E-state index in [2.05, 4.69) is 0 Å². The smallest absolute Gasteiger partial charge is 0.227 e. The summed E-state index contributed by atoms with van der Waals surface area (Å²) < 4.78 is 0. The third-order valence-corrected chi connectivity index (χ3v) is 2.95. The number of aliphatic hydroxyl groups is 2. The van der Waals surface area contributed by atoms with E-state index in [1.807, 2.05) is 0 Å². The molecule has 2 unspecified atom stereocenters. The van der Waals surface area contributed by atoms with Gasteiger partial charge in [0.2, 0.25) is 5.91 Å². The highest BCUT2D eigenvalue weighted by molar-refractivity contribution is 5.79. The van der Waals surface area contributed by atoms with Crippen LogP contribution in [0, 0.1) is 0 Å². The van der Waals surface area contributed by atoms with Crippen LogP contribution in [0.2, 0.25) is 0 Å². The maximum absolute atomic E-state index is 11.9. The minimum absolute atomic E-state index is 0.0922. The summed E-state index contributed by atoms with van der Waals surface area (Å²) in [5.41, 5.74) is 7.09. The van der Waals surface area contributed by atoms with Crippen LogP contribution in [0.4, 0.5) is 5.69 Å². The second-order valence-electron chi connectivity index (χ2n) is 4.35. The summed E-state index contributed by atoms with van der Waals surface area (Å²) in [5.74, 6) is -0.0922. The first kappa shape index (κ1) is 11.9. The molecule has 92 valence electrons. The van der Waals surface area contributed by atoms with Crippen LogP contribution in [-0.4, -0.2) is 46.3 Å². The molecule has 1 heterocycles. The third kappa shape index (κ3) is 2.75. The van der Waals surface area contributed by atoms with Gasteiger partial charge >= 0.3 is 0 Å². The van der Waals surface area contributed by atoms with Crippen LogP contribution >= 0.6 is 0 Å². The molecule has 5 heteroatoms. The van der Waals surface area contributed by atoms with Gasteiger partial charge in [-0.1, -0.05) is 12.1 Å². The second kappa shape index (κ2) is 4.73. The number of carbonyl (C=O) groups excluding carboxylic acids is 1. The molecule has 0 aliphatic carbocycles. The Morgan fingerprint density at radius 1 is 1.24 bits per heavy atom. The number of likely N-dealkylation sites (tertiary alicyclic amines) is 1. The molecule has 0 bridgehead atoms. The van der Waals surface area contributed by atoms with Crippen LogP contribution in [-0.2, 0) is 11.2 Å². The first-order valence-electron chi connectivity index (χ1n) is 5.54. The molecule has 1 saturated heterocycles. The number of hydrogen-bond donors (Lipinski definition) is 3. The van der Waals surface area contributed by atoms with E-state index in [1.165, 1.54) is 4.90 Å². The number of nitrogens with two attached hydrogens (primary N) is 1. The fourth-order valence-electron chi connectivity index (χ4n) is 1.90. The Labute approximate surface area is 99.5 Å². The number of rotatable bonds is 2. The van der Waals surface area contributed by atoms with Crippen molar-refractivity contribution in [2.75, 3.05) is 18.8 Å². The predicted octanol–water partition coefficient (Wildman–Crippen LogP) is -0.625. The van der Waals surface area contributed by atoms with Crippen molar-refractivity contribution in [1.29, 1.82) is 0 Å². The summed E-state index contributed by atoms with van der Waals surface area (Å²) in [6.07, 6.45) is -1.39. The van der Waals surface area contributed by atoms with Gasteiger partial charge in [0.25, 0.3) is 0 Å². The number of aliphatic hydroxyl groups excluding tert-OH is 2. The van der Waals surface area contributed by atoms with Gasteiger partial charge in [-0.2, -0.15) is 0 Å². The van der Waals surface area contributed by atoms with Crippen molar-refractivity contribution < 1.29 is 15.0 Å². The molecular weight excluding hydrogens is 220 g/mol. The first-order valence-corrected chi connectivity index (χ1v) is 5.54. The van der Waals surface area contributed by atoms with E-state index in [4.69, 9.17) is 5.73 Å². The minimum atomic E-state index is -0.828. The summed E-state index contributed by atoms with van der Waals surface area (Å²) in [7, 11) is 0. The van der Waals surface area contributed by atoms with E-state index in [0.29, 0.717) is 5.69 Å². The summed E-state index contributed by atoms with van der Waals surface area (Å²) in [6.45, 7) is 0.407. The lowest BCUT2D eigenvalue weighted by Gasteiger charge is -2.15. The van der Waals surface area contributed by atoms with Crippen molar-refractivity contribution in [3.05, 3.63) is 29.8 Å². The van der Waals surface area contributed by atoms with Gasteiger partial charge in [0.05, 0.1) is 18.6 Å². The highest BCUT2D eigenvalue weighted by atomic mass is 16.3. The molecule has 0 radical (unpaired) electrons. The molecule has 1 aromatic carbocycles. The molecule has 17 heavy (non-hydrogen) atoms. The van der Waals surface area contributed by atoms with E-state index >= 15 is 0 Å². The van der Waals surface area contributed by atoms with E-state index in [0.717, 1.165) is 5.56 Å². The van der Waals surface area contributed by atoms with Gasteiger partial charge in [0.15, 0.2) is 0 Å². The molecule has 0 aromatic heterocycles. The molecule has 2 atom stereocenters. The number of amides is 1. The van der Waals surface area contributed by atoms with Gasteiger partial charge in [0.1, 0.15) is 0 Å². The highest BCUT2D eigenvalue weighted by Gasteiger charge is 2.32. The lowest BCUT2D eigenvalue weighted by Crippen LogP contribution is -2.31. The van der Waals surface area contributed by atoms with Gasteiger partial charge < -0.3 is 20.8 Å². The number of nitrogens with zero attached hydrogens (tertiary/aromatic N) is 1. The standard InChI is InChI=1S/C12H16N2O3/c13-9-3-1-8(2-4-9)5-12(17)14-6-10(15)11(16)7-14/h1-4,10-11,15-16H,5-7,13H2. The Hall–Kier alpha value is -1.59. The van der Waals surface area contributed by atoms with E-state index < -0.39 is 12.2 Å². The Balaban J connectivity index is 1.96. The van der Waals surface area contributed by atoms with Gasteiger partial charge in [-0.05, 0) is 17.7 Å². The van der Waals surface area contributed by atoms with Gasteiger partial charge in [0, 0.05) is 18.8 Å². The lowest BCUT2D eigenvalue weighted by molar-refractivity contribution is -0.129. The van der Waals surface area contributed by atoms with E-state index in [-0.39, 0.29) is 25.4 Å². The maximum Gasteiger partial charge on any atom is 0.227 e. The Morgan fingerprint density at radius 2 is 1.76 bits per heavy atom. The van der Waals surface area contributed by atoms with Crippen molar-refractivity contribution in [2.24, 2.45) is 0 Å². The Bertz CT molecular complexity index is 395. The number of anilines is 1. The molecule has 1 aromatic rings. The number of benzene rings is 1. The van der Waals surface area contributed by atoms with Crippen LogP contribution in [0.3, 0.4) is 0 Å². The van der Waals surface area contributed by atoms with Crippen LogP contribution < -0.4 is 5.73 Å². The summed E-state index contributed by atoms with van der Waals surface area (Å²) in [4.78, 5) is 13.3. The zero-order valence-electron chi connectivity index (χ0n) is 9.41. The van der Waals surface area contributed by atoms with Crippen LogP contribution in [0.1, 0.15) is 5.56 Å². The normalized spacial score (nSPS) is 24.0. The van der Waals surface area contributed by atoms with E-state index in [1.54, 1.807) is 24.3 Å². The first-order chi connectivity index (χ1) is 8.06. The average molecular weight is 236 g/mol. The molecule has 1 fully saturated rings. The molecule has 1 aliphatic heterocycles. The van der Waals surface area contributed by atoms with Gasteiger partial charge in [-0.3, -0.25) is 4.79 Å². The monoisotopic (exact) mass is 236 g/mol. The number of carbonyl (C=O) groups is 1. The molecule has 0 spiro atoms. The Kier molecular flexibility index (Phi) is 3.31. The molecular formula is C12H16N2O3. The molecule has 1 amide bonds. The third-order valence-electron chi connectivity index (χ3n) is 2.95. The topological polar surface area (TPSA) is 86.8 Å². The second-order valence-corrected chi connectivity index (χ2v) is 4.35.